The summed E-state index contributed by atoms with van der Waals surface area (Å²) in [5, 5.41) is 16.2. The third-order valence-corrected chi connectivity index (χ3v) is 6.92. The Labute approximate surface area is 155 Å². The van der Waals surface area contributed by atoms with Gasteiger partial charge in [-0.3, -0.25) is 5.10 Å². The average molecular weight is 389 g/mol. The van der Waals surface area contributed by atoms with Crippen LogP contribution < -0.4 is 0 Å². The first-order valence-electron chi connectivity index (χ1n) is 8.60. The van der Waals surface area contributed by atoms with Gasteiger partial charge in [0.1, 0.15) is 11.2 Å². The summed E-state index contributed by atoms with van der Waals surface area (Å²) in [5.41, 5.74) is 1.89. The molecule has 0 aliphatic carbocycles. The molecular weight excluding hydrogens is 370 g/mol. The van der Waals surface area contributed by atoms with Gasteiger partial charge in [0, 0.05) is 36.6 Å². The highest BCUT2D eigenvalue weighted by Gasteiger charge is 2.36. The van der Waals surface area contributed by atoms with Gasteiger partial charge >= 0.3 is 5.97 Å². The lowest BCUT2D eigenvalue weighted by molar-refractivity contribution is 0.0691. The van der Waals surface area contributed by atoms with E-state index in [2.05, 4.69) is 20.2 Å². The molecule has 0 aromatic carbocycles. The van der Waals surface area contributed by atoms with Gasteiger partial charge in [-0.25, -0.2) is 18.2 Å². The third-order valence-electron chi connectivity index (χ3n) is 5.09. The van der Waals surface area contributed by atoms with Crippen LogP contribution in [-0.4, -0.2) is 57.1 Å². The van der Waals surface area contributed by atoms with Crippen molar-refractivity contribution in [3.63, 3.8) is 0 Å². The van der Waals surface area contributed by atoms with Gasteiger partial charge in [0.2, 0.25) is 5.03 Å². The largest absolute Gasteiger partial charge is 0.478 e. The Morgan fingerprint density at radius 2 is 2.07 bits per heavy atom. The van der Waals surface area contributed by atoms with E-state index < -0.39 is 21.0 Å². The Kier molecular flexibility index (Phi) is 4.23. The van der Waals surface area contributed by atoms with Crippen molar-refractivity contribution >= 4 is 27.0 Å². The van der Waals surface area contributed by atoms with Crippen molar-refractivity contribution in [2.24, 2.45) is 0 Å². The highest BCUT2D eigenvalue weighted by atomic mass is 32.2. The van der Waals surface area contributed by atoms with E-state index in [1.54, 1.807) is 6.20 Å². The number of piperidine rings is 1. The smallest absolute Gasteiger partial charge is 0.340 e. The van der Waals surface area contributed by atoms with Gasteiger partial charge in [0.25, 0.3) is 10.0 Å². The predicted molar refractivity (Wildman–Crippen MR) is 97.1 cm³/mol. The molecule has 1 fully saturated rings. The number of aromatic amines is 2. The zero-order chi connectivity index (χ0) is 19.2. The average Bonchev–Trinajstić information content (AvgIpc) is 3.26. The fraction of sp³-hybridized carbons (Fsp3) is 0.353. The van der Waals surface area contributed by atoms with Crippen molar-refractivity contribution in [3.05, 3.63) is 41.3 Å². The van der Waals surface area contributed by atoms with Crippen LogP contribution in [0, 0.1) is 6.92 Å². The summed E-state index contributed by atoms with van der Waals surface area (Å²) in [7, 11) is -3.96. The molecule has 27 heavy (non-hydrogen) atoms. The molecule has 3 aromatic heterocycles. The number of nitrogens with one attached hydrogen (secondary N) is 2. The number of rotatable bonds is 4. The first-order chi connectivity index (χ1) is 12.9. The van der Waals surface area contributed by atoms with Crippen molar-refractivity contribution in [1.29, 1.82) is 0 Å². The van der Waals surface area contributed by atoms with E-state index in [1.165, 1.54) is 11.2 Å². The molecule has 0 radical (unpaired) electrons. The minimum absolute atomic E-state index is 0.217. The quantitative estimate of drug-likeness (QED) is 0.624. The molecule has 1 saturated heterocycles. The SMILES string of the molecule is Cc1[nH]nc(S(=O)(=O)N2CCC(c3c[nH]c4ncccc34)CC2)c1C(=O)O. The van der Waals surface area contributed by atoms with Gasteiger partial charge in [-0.2, -0.15) is 9.40 Å². The number of aromatic nitrogens is 4. The fourth-order valence-electron chi connectivity index (χ4n) is 3.69. The van der Waals surface area contributed by atoms with Crippen LogP contribution in [0.25, 0.3) is 11.0 Å². The first-order valence-corrected chi connectivity index (χ1v) is 10.0. The number of pyridine rings is 1. The fourth-order valence-corrected chi connectivity index (χ4v) is 5.29. The van der Waals surface area contributed by atoms with Crippen molar-refractivity contribution in [2.45, 2.75) is 30.7 Å². The summed E-state index contributed by atoms with van der Waals surface area (Å²) < 4.78 is 27.1. The van der Waals surface area contributed by atoms with Crippen LogP contribution in [0.1, 0.15) is 40.4 Å². The Bertz CT molecular complexity index is 1110. The zero-order valence-corrected chi connectivity index (χ0v) is 15.5. The lowest BCUT2D eigenvalue weighted by atomic mass is 9.90. The van der Waals surface area contributed by atoms with E-state index in [-0.39, 0.29) is 17.2 Å². The number of nitrogens with zero attached hydrogens (tertiary/aromatic N) is 3. The summed E-state index contributed by atoms with van der Waals surface area (Å²) >= 11 is 0. The minimum Gasteiger partial charge on any atom is -0.478 e. The number of hydrogen-bond acceptors (Lipinski definition) is 5. The normalized spacial score (nSPS) is 16.8. The third kappa shape index (κ3) is 2.90. The number of carboxylic acids is 1. The lowest BCUT2D eigenvalue weighted by Gasteiger charge is -2.30. The number of aryl methyl sites for hydroxylation is 1. The van der Waals surface area contributed by atoms with E-state index in [0.717, 1.165) is 16.6 Å². The molecule has 0 bridgehead atoms. The molecule has 0 atom stereocenters. The molecule has 4 heterocycles. The highest BCUT2D eigenvalue weighted by molar-refractivity contribution is 7.89. The second-order valence-electron chi connectivity index (χ2n) is 6.66. The second kappa shape index (κ2) is 6.46. The number of aromatic carboxylic acids is 1. The topological polar surface area (TPSA) is 132 Å². The van der Waals surface area contributed by atoms with Crippen LogP contribution in [-0.2, 0) is 10.0 Å². The van der Waals surface area contributed by atoms with Gasteiger partial charge < -0.3 is 10.1 Å². The molecule has 1 aliphatic heterocycles. The molecule has 0 unspecified atom stereocenters. The maximum Gasteiger partial charge on any atom is 0.340 e. The van der Waals surface area contributed by atoms with Crippen molar-refractivity contribution < 1.29 is 18.3 Å². The van der Waals surface area contributed by atoms with Crippen molar-refractivity contribution in [2.75, 3.05) is 13.1 Å². The van der Waals surface area contributed by atoms with Crippen LogP contribution >= 0.6 is 0 Å². The van der Waals surface area contributed by atoms with E-state index in [1.807, 2.05) is 18.3 Å². The molecule has 0 spiro atoms. The van der Waals surface area contributed by atoms with Gasteiger partial charge in [-0.15, -0.1) is 0 Å². The number of hydrogen-bond donors (Lipinski definition) is 3. The summed E-state index contributed by atoms with van der Waals surface area (Å²) in [6.07, 6.45) is 4.95. The van der Waals surface area contributed by atoms with Crippen LogP contribution in [0.15, 0.2) is 29.6 Å². The van der Waals surface area contributed by atoms with Gasteiger partial charge in [-0.05, 0) is 43.4 Å². The van der Waals surface area contributed by atoms with E-state index in [9.17, 15) is 18.3 Å². The summed E-state index contributed by atoms with van der Waals surface area (Å²) in [6.45, 7) is 2.11. The Hall–Kier alpha value is -2.72. The molecule has 4 rings (SSSR count). The summed E-state index contributed by atoms with van der Waals surface area (Å²) in [6, 6.07) is 3.88. The van der Waals surface area contributed by atoms with Gasteiger partial charge in [0.15, 0.2) is 0 Å². The van der Waals surface area contributed by atoms with Crippen molar-refractivity contribution in [1.82, 2.24) is 24.5 Å². The number of H-pyrrole nitrogens is 2. The Morgan fingerprint density at radius 3 is 2.78 bits per heavy atom. The molecule has 10 heteroatoms. The standard InChI is InChI=1S/C17H19N5O4S/c1-10-14(17(23)24)16(21-20-10)27(25,26)22-7-4-11(5-8-22)13-9-19-15-12(13)3-2-6-18-15/h2-3,6,9,11H,4-5,7-8H2,1H3,(H,18,19)(H,20,21)(H,23,24). The monoisotopic (exact) mass is 389 g/mol. The van der Waals surface area contributed by atoms with E-state index >= 15 is 0 Å². The van der Waals surface area contributed by atoms with Crippen LogP contribution in [0.3, 0.4) is 0 Å². The number of carboxylic acid groups (broad SMARTS) is 1. The molecule has 142 valence electrons. The molecule has 3 N–H and O–H groups in total. The maximum absolute atomic E-state index is 12.9. The minimum atomic E-state index is -3.96. The lowest BCUT2D eigenvalue weighted by Crippen LogP contribution is -2.38. The van der Waals surface area contributed by atoms with Crippen molar-refractivity contribution in [3.8, 4) is 0 Å². The molecule has 1 aliphatic rings. The molecule has 3 aromatic rings. The molecular formula is C17H19N5O4S. The predicted octanol–water partition coefficient (Wildman–Crippen LogP) is 1.86. The van der Waals surface area contributed by atoms with Crippen LogP contribution in [0.5, 0.6) is 0 Å². The molecule has 0 saturated carbocycles. The van der Waals surface area contributed by atoms with Crippen LogP contribution in [0.2, 0.25) is 0 Å². The van der Waals surface area contributed by atoms with Gasteiger partial charge in [0.05, 0.1) is 0 Å². The first kappa shape index (κ1) is 17.7. The van der Waals surface area contributed by atoms with E-state index in [4.69, 9.17) is 0 Å². The second-order valence-corrected chi connectivity index (χ2v) is 8.51. The maximum atomic E-state index is 12.9. The van der Waals surface area contributed by atoms with Gasteiger partial charge in [-0.1, -0.05) is 0 Å². The zero-order valence-electron chi connectivity index (χ0n) is 14.6. The number of sulfonamides is 1. The Morgan fingerprint density at radius 1 is 1.33 bits per heavy atom. The summed E-state index contributed by atoms with van der Waals surface area (Å²) in [5.74, 6) is -1.09. The molecule has 0 amide bonds. The number of carbonyl (C=O) groups is 1. The summed E-state index contributed by atoms with van der Waals surface area (Å²) in [4.78, 5) is 18.9. The van der Waals surface area contributed by atoms with E-state index in [0.29, 0.717) is 25.9 Å². The van der Waals surface area contributed by atoms with Crippen LogP contribution in [0.4, 0.5) is 0 Å². The highest BCUT2D eigenvalue weighted by Crippen LogP contribution is 2.34. The Balaban J connectivity index is 1.56. The number of fused-ring (bicyclic) bond motifs is 1. The molecule has 9 nitrogen and oxygen atoms in total.